The van der Waals surface area contributed by atoms with Crippen molar-refractivity contribution in [3.05, 3.63) is 0 Å². The van der Waals surface area contributed by atoms with Gasteiger partial charge in [0.1, 0.15) is 0 Å². The van der Waals surface area contributed by atoms with Gasteiger partial charge in [-0.25, -0.2) is 0 Å². The summed E-state index contributed by atoms with van der Waals surface area (Å²) >= 11 is 0. The molecule has 3 heteroatoms. The van der Waals surface area contributed by atoms with E-state index in [1.165, 1.54) is 38.9 Å². The smallest absolute Gasteiger partial charge is 0.0507 e. The first-order valence-corrected chi connectivity index (χ1v) is 6.84. The Labute approximate surface area is 99.5 Å². The van der Waals surface area contributed by atoms with Gasteiger partial charge in [0.05, 0.1) is 6.61 Å². The average molecular weight is 226 g/mol. The second-order valence-electron chi connectivity index (χ2n) is 5.44. The highest BCUT2D eigenvalue weighted by Crippen LogP contribution is 2.19. The molecule has 0 amide bonds. The highest BCUT2D eigenvalue weighted by molar-refractivity contribution is 4.85. The zero-order chi connectivity index (χ0) is 11.4. The maximum Gasteiger partial charge on any atom is 0.0507 e. The summed E-state index contributed by atoms with van der Waals surface area (Å²) in [7, 11) is 0. The third kappa shape index (κ3) is 3.19. The molecule has 3 unspecified atom stereocenters. The van der Waals surface area contributed by atoms with Crippen LogP contribution in [0.4, 0.5) is 0 Å². The SMILES string of the molecule is CCCC1CNC(C)CN1CC1CCOC1. The van der Waals surface area contributed by atoms with E-state index in [0.717, 1.165) is 25.2 Å². The fourth-order valence-corrected chi connectivity index (χ4v) is 2.93. The highest BCUT2D eigenvalue weighted by Gasteiger charge is 2.28. The molecule has 0 radical (unpaired) electrons. The van der Waals surface area contributed by atoms with Gasteiger partial charge in [-0.1, -0.05) is 13.3 Å². The number of rotatable bonds is 4. The Morgan fingerprint density at radius 3 is 3.00 bits per heavy atom. The minimum atomic E-state index is 0.649. The largest absolute Gasteiger partial charge is 0.381 e. The van der Waals surface area contributed by atoms with E-state index in [2.05, 4.69) is 24.1 Å². The van der Waals surface area contributed by atoms with Gasteiger partial charge in [-0.3, -0.25) is 4.90 Å². The average Bonchev–Trinajstić information content (AvgIpc) is 2.75. The van der Waals surface area contributed by atoms with Crippen LogP contribution in [0.3, 0.4) is 0 Å². The summed E-state index contributed by atoms with van der Waals surface area (Å²) in [5, 5.41) is 3.60. The number of ether oxygens (including phenoxy) is 1. The molecule has 2 aliphatic rings. The molecule has 2 aliphatic heterocycles. The van der Waals surface area contributed by atoms with Gasteiger partial charge in [-0.2, -0.15) is 0 Å². The van der Waals surface area contributed by atoms with Gasteiger partial charge in [0.15, 0.2) is 0 Å². The van der Waals surface area contributed by atoms with Crippen LogP contribution in [0, 0.1) is 5.92 Å². The number of hydrogen-bond acceptors (Lipinski definition) is 3. The van der Waals surface area contributed by atoms with Crippen LogP contribution < -0.4 is 5.32 Å². The number of piperazine rings is 1. The van der Waals surface area contributed by atoms with Gasteiger partial charge >= 0.3 is 0 Å². The number of nitrogens with zero attached hydrogens (tertiary/aromatic N) is 1. The molecule has 1 N–H and O–H groups in total. The van der Waals surface area contributed by atoms with Crippen LogP contribution in [0.15, 0.2) is 0 Å². The minimum Gasteiger partial charge on any atom is -0.381 e. The lowest BCUT2D eigenvalue weighted by Crippen LogP contribution is -2.56. The van der Waals surface area contributed by atoms with E-state index >= 15 is 0 Å². The van der Waals surface area contributed by atoms with Crippen LogP contribution >= 0.6 is 0 Å². The fraction of sp³-hybridized carbons (Fsp3) is 1.00. The number of nitrogens with one attached hydrogen (secondary N) is 1. The predicted molar refractivity (Wildman–Crippen MR) is 66.7 cm³/mol. The van der Waals surface area contributed by atoms with Crippen LogP contribution in [0.2, 0.25) is 0 Å². The third-order valence-corrected chi connectivity index (χ3v) is 3.87. The van der Waals surface area contributed by atoms with E-state index < -0.39 is 0 Å². The molecule has 0 saturated carbocycles. The van der Waals surface area contributed by atoms with E-state index in [1.807, 2.05) is 0 Å². The van der Waals surface area contributed by atoms with Crippen LogP contribution in [0.25, 0.3) is 0 Å². The minimum absolute atomic E-state index is 0.649. The summed E-state index contributed by atoms with van der Waals surface area (Å²) in [6, 6.07) is 1.40. The van der Waals surface area contributed by atoms with Crippen molar-refractivity contribution in [1.82, 2.24) is 10.2 Å². The van der Waals surface area contributed by atoms with Crippen molar-refractivity contribution >= 4 is 0 Å². The first-order valence-electron chi connectivity index (χ1n) is 6.84. The summed E-state index contributed by atoms with van der Waals surface area (Å²) in [5.41, 5.74) is 0. The van der Waals surface area contributed by atoms with Gasteiger partial charge in [0.2, 0.25) is 0 Å². The summed E-state index contributed by atoms with van der Waals surface area (Å²) in [6.07, 6.45) is 3.88. The molecule has 0 spiro atoms. The summed E-state index contributed by atoms with van der Waals surface area (Å²) in [6.45, 7) is 10.2. The Hall–Kier alpha value is -0.120. The molecular formula is C13H26N2O. The van der Waals surface area contributed by atoms with Crippen LogP contribution in [0.5, 0.6) is 0 Å². The molecule has 2 saturated heterocycles. The van der Waals surface area contributed by atoms with Gasteiger partial charge in [-0.05, 0) is 25.7 Å². The Morgan fingerprint density at radius 1 is 1.44 bits per heavy atom. The molecule has 16 heavy (non-hydrogen) atoms. The summed E-state index contributed by atoms with van der Waals surface area (Å²) in [5.74, 6) is 0.782. The van der Waals surface area contributed by atoms with E-state index in [-0.39, 0.29) is 0 Å². The molecule has 0 aromatic heterocycles. The van der Waals surface area contributed by atoms with E-state index in [1.54, 1.807) is 0 Å². The van der Waals surface area contributed by atoms with E-state index in [9.17, 15) is 0 Å². The fourth-order valence-electron chi connectivity index (χ4n) is 2.93. The van der Waals surface area contributed by atoms with Crippen molar-refractivity contribution in [2.24, 2.45) is 5.92 Å². The maximum atomic E-state index is 5.48. The van der Waals surface area contributed by atoms with Crippen molar-refractivity contribution < 1.29 is 4.74 Å². The van der Waals surface area contributed by atoms with Gasteiger partial charge in [0.25, 0.3) is 0 Å². The molecule has 94 valence electrons. The first-order chi connectivity index (χ1) is 7.79. The highest BCUT2D eigenvalue weighted by atomic mass is 16.5. The zero-order valence-corrected chi connectivity index (χ0v) is 10.7. The van der Waals surface area contributed by atoms with Crippen molar-refractivity contribution in [2.75, 3.05) is 32.8 Å². The number of hydrogen-bond donors (Lipinski definition) is 1. The quantitative estimate of drug-likeness (QED) is 0.786. The topological polar surface area (TPSA) is 24.5 Å². The monoisotopic (exact) mass is 226 g/mol. The summed E-state index contributed by atoms with van der Waals surface area (Å²) in [4.78, 5) is 2.70. The lowest BCUT2D eigenvalue weighted by molar-refractivity contribution is 0.100. The molecule has 2 rings (SSSR count). The molecule has 0 bridgehead atoms. The van der Waals surface area contributed by atoms with Crippen molar-refractivity contribution in [3.63, 3.8) is 0 Å². The van der Waals surface area contributed by atoms with E-state index in [0.29, 0.717) is 6.04 Å². The van der Waals surface area contributed by atoms with Crippen molar-refractivity contribution in [3.8, 4) is 0 Å². The molecular weight excluding hydrogens is 200 g/mol. The molecule has 2 heterocycles. The van der Waals surface area contributed by atoms with Crippen LogP contribution in [0.1, 0.15) is 33.1 Å². The maximum absolute atomic E-state index is 5.48. The van der Waals surface area contributed by atoms with Crippen molar-refractivity contribution in [2.45, 2.75) is 45.2 Å². The molecule has 0 aromatic carbocycles. The molecule has 3 nitrogen and oxygen atoms in total. The third-order valence-electron chi connectivity index (χ3n) is 3.87. The van der Waals surface area contributed by atoms with Gasteiger partial charge < -0.3 is 10.1 Å². The van der Waals surface area contributed by atoms with Crippen molar-refractivity contribution in [1.29, 1.82) is 0 Å². The second-order valence-corrected chi connectivity index (χ2v) is 5.44. The lowest BCUT2D eigenvalue weighted by atomic mass is 10.0. The van der Waals surface area contributed by atoms with Gasteiger partial charge in [0, 0.05) is 38.3 Å². The Kier molecular flexibility index (Phi) is 4.62. The molecule has 3 atom stereocenters. The second kappa shape index (κ2) is 5.99. The van der Waals surface area contributed by atoms with Crippen LogP contribution in [-0.2, 0) is 4.74 Å². The molecule has 0 aromatic rings. The standard InChI is InChI=1S/C13H26N2O/c1-3-4-13-7-14-11(2)8-15(13)9-12-5-6-16-10-12/h11-14H,3-10H2,1-2H3. The Bertz CT molecular complexity index is 204. The van der Waals surface area contributed by atoms with Gasteiger partial charge in [-0.15, -0.1) is 0 Å². The van der Waals surface area contributed by atoms with Crippen LogP contribution in [-0.4, -0.2) is 49.8 Å². The summed E-state index contributed by atoms with van der Waals surface area (Å²) < 4.78 is 5.48. The molecule has 0 aliphatic carbocycles. The van der Waals surface area contributed by atoms with E-state index in [4.69, 9.17) is 4.74 Å². The first kappa shape index (κ1) is 12.3. The lowest BCUT2D eigenvalue weighted by Gasteiger charge is -2.40. The predicted octanol–water partition coefficient (Wildman–Crippen LogP) is 1.49. The normalized spacial score (nSPS) is 36.8. The Morgan fingerprint density at radius 2 is 2.31 bits per heavy atom. The Balaban J connectivity index is 1.85. The molecule has 2 fully saturated rings. The zero-order valence-electron chi connectivity index (χ0n) is 10.7.